The van der Waals surface area contributed by atoms with Gasteiger partial charge in [0.15, 0.2) is 0 Å². The summed E-state index contributed by atoms with van der Waals surface area (Å²) in [6, 6.07) is 9.69. The summed E-state index contributed by atoms with van der Waals surface area (Å²) < 4.78 is 0.558. The van der Waals surface area contributed by atoms with Gasteiger partial charge in [0, 0.05) is 16.2 Å². The van der Waals surface area contributed by atoms with Crippen molar-refractivity contribution in [2.75, 3.05) is 0 Å². The average molecular weight is 278 g/mol. The lowest BCUT2D eigenvalue weighted by atomic mass is 10.1. The molecule has 2 rings (SSSR count). The second kappa shape index (κ2) is 4.45. The third-order valence-corrected chi connectivity index (χ3v) is 2.75. The van der Waals surface area contributed by atoms with Gasteiger partial charge in [0.25, 0.3) is 0 Å². The van der Waals surface area contributed by atoms with E-state index in [4.69, 9.17) is 0 Å². The van der Waals surface area contributed by atoms with Gasteiger partial charge in [-0.15, -0.1) is 0 Å². The smallest absolute Gasteiger partial charge is 0.212 e. The molecule has 0 atom stereocenters. The van der Waals surface area contributed by atoms with Gasteiger partial charge in [0.05, 0.1) is 0 Å². The highest BCUT2D eigenvalue weighted by Gasteiger charge is 2.13. The lowest BCUT2D eigenvalue weighted by Crippen LogP contribution is -2.04. The molecule has 0 bridgehead atoms. The summed E-state index contributed by atoms with van der Waals surface area (Å²) in [6.45, 7) is 0. The number of hydrogen-bond donors (Lipinski definition) is 1. The number of ketones is 1. The third kappa shape index (κ3) is 2.12. The molecule has 0 aliphatic carbocycles. The molecule has 3 nitrogen and oxygen atoms in total. The zero-order chi connectivity index (χ0) is 11.5. The number of halogens is 1. The van der Waals surface area contributed by atoms with Crippen molar-refractivity contribution in [1.82, 2.24) is 4.98 Å². The third-order valence-electron chi connectivity index (χ3n) is 2.09. The first-order valence-electron chi connectivity index (χ1n) is 4.63. The molecule has 2 aromatic rings. The fraction of sp³-hybridized carbons (Fsp3) is 0. The minimum Gasteiger partial charge on any atom is -0.508 e. The van der Waals surface area contributed by atoms with E-state index in [0.717, 1.165) is 0 Å². The van der Waals surface area contributed by atoms with Crippen molar-refractivity contribution in [1.29, 1.82) is 0 Å². The standard InChI is InChI=1S/C12H8BrNO2/c13-10-7-8(15)4-5-9(10)12(16)11-3-1-2-6-14-11/h1-7,15H. The van der Waals surface area contributed by atoms with Gasteiger partial charge in [-0.05, 0) is 46.3 Å². The molecule has 0 amide bonds. The Labute approximate surface area is 101 Å². The molecule has 16 heavy (non-hydrogen) atoms. The molecule has 0 radical (unpaired) electrons. The van der Waals surface area contributed by atoms with Crippen LogP contribution in [0.3, 0.4) is 0 Å². The second-order valence-electron chi connectivity index (χ2n) is 3.21. The lowest BCUT2D eigenvalue weighted by molar-refractivity contribution is 0.103. The summed E-state index contributed by atoms with van der Waals surface area (Å²) in [4.78, 5) is 16.0. The highest BCUT2D eigenvalue weighted by atomic mass is 79.9. The van der Waals surface area contributed by atoms with E-state index < -0.39 is 0 Å². The molecule has 0 spiro atoms. The Balaban J connectivity index is 2.42. The monoisotopic (exact) mass is 277 g/mol. The fourth-order valence-corrected chi connectivity index (χ4v) is 1.87. The number of carbonyl (C=O) groups is 1. The SMILES string of the molecule is O=C(c1ccccn1)c1ccc(O)cc1Br. The van der Waals surface area contributed by atoms with Gasteiger partial charge in [0.1, 0.15) is 11.4 Å². The van der Waals surface area contributed by atoms with Gasteiger partial charge < -0.3 is 5.11 Å². The van der Waals surface area contributed by atoms with Gasteiger partial charge >= 0.3 is 0 Å². The Morgan fingerprint density at radius 3 is 2.69 bits per heavy atom. The Morgan fingerprint density at radius 1 is 1.25 bits per heavy atom. The Hall–Kier alpha value is -1.68. The van der Waals surface area contributed by atoms with Crippen LogP contribution in [0.4, 0.5) is 0 Å². The number of phenolic OH excluding ortho intramolecular Hbond substituents is 1. The maximum atomic E-state index is 12.0. The van der Waals surface area contributed by atoms with E-state index in [9.17, 15) is 9.90 Å². The van der Waals surface area contributed by atoms with Crippen LogP contribution in [0.25, 0.3) is 0 Å². The molecule has 0 saturated carbocycles. The van der Waals surface area contributed by atoms with Crippen LogP contribution in [-0.2, 0) is 0 Å². The molecule has 1 aromatic carbocycles. The molecule has 0 unspecified atom stereocenters. The van der Waals surface area contributed by atoms with Crippen LogP contribution in [0.1, 0.15) is 16.1 Å². The topological polar surface area (TPSA) is 50.2 Å². The minimum absolute atomic E-state index is 0.115. The van der Waals surface area contributed by atoms with E-state index in [1.165, 1.54) is 12.1 Å². The van der Waals surface area contributed by atoms with Crippen molar-refractivity contribution >= 4 is 21.7 Å². The van der Waals surface area contributed by atoms with E-state index in [1.807, 2.05) is 0 Å². The molecular weight excluding hydrogens is 270 g/mol. The molecule has 1 N–H and O–H groups in total. The predicted octanol–water partition coefficient (Wildman–Crippen LogP) is 2.78. The second-order valence-corrected chi connectivity index (χ2v) is 4.06. The molecule has 0 aliphatic rings. The molecular formula is C12H8BrNO2. The Kier molecular flexibility index (Phi) is 3.01. The first-order chi connectivity index (χ1) is 7.68. The van der Waals surface area contributed by atoms with Crippen molar-refractivity contribution < 1.29 is 9.90 Å². The zero-order valence-electron chi connectivity index (χ0n) is 8.22. The van der Waals surface area contributed by atoms with E-state index in [-0.39, 0.29) is 11.5 Å². The zero-order valence-corrected chi connectivity index (χ0v) is 9.81. The van der Waals surface area contributed by atoms with Gasteiger partial charge in [0.2, 0.25) is 5.78 Å². The van der Waals surface area contributed by atoms with E-state index in [0.29, 0.717) is 15.7 Å². The van der Waals surface area contributed by atoms with E-state index >= 15 is 0 Å². The maximum absolute atomic E-state index is 12.0. The van der Waals surface area contributed by atoms with E-state index in [1.54, 1.807) is 30.5 Å². The number of pyridine rings is 1. The number of aromatic hydroxyl groups is 1. The molecule has 80 valence electrons. The molecule has 1 aromatic heterocycles. The van der Waals surface area contributed by atoms with Crippen LogP contribution >= 0.6 is 15.9 Å². The van der Waals surface area contributed by atoms with Crippen molar-refractivity contribution in [2.24, 2.45) is 0 Å². The van der Waals surface area contributed by atoms with Gasteiger partial charge in [-0.2, -0.15) is 0 Å². The fourth-order valence-electron chi connectivity index (χ4n) is 1.32. The average Bonchev–Trinajstić information content (AvgIpc) is 2.29. The molecule has 0 aliphatic heterocycles. The van der Waals surface area contributed by atoms with Crippen molar-refractivity contribution in [2.45, 2.75) is 0 Å². The number of benzene rings is 1. The number of nitrogens with zero attached hydrogens (tertiary/aromatic N) is 1. The summed E-state index contributed by atoms with van der Waals surface area (Å²) in [5.41, 5.74) is 0.866. The molecule has 0 fully saturated rings. The predicted molar refractivity (Wildman–Crippen MR) is 63.5 cm³/mol. The van der Waals surface area contributed by atoms with Crippen LogP contribution in [0, 0.1) is 0 Å². The van der Waals surface area contributed by atoms with Crippen LogP contribution in [-0.4, -0.2) is 15.9 Å². The minimum atomic E-state index is -0.174. The molecule has 4 heteroatoms. The number of aromatic nitrogens is 1. The summed E-state index contributed by atoms with van der Waals surface area (Å²) in [7, 11) is 0. The normalized spacial score (nSPS) is 10.1. The van der Waals surface area contributed by atoms with Gasteiger partial charge in [-0.3, -0.25) is 9.78 Å². The van der Waals surface area contributed by atoms with Crippen molar-refractivity contribution in [3.63, 3.8) is 0 Å². The van der Waals surface area contributed by atoms with Crippen molar-refractivity contribution in [3.05, 3.63) is 58.3 Å². The van der Waals surface area contributed by atoms with Gasteiger partial charge in [-0.1, -0.05) is 6.07 Å². The summed E-state index contributed by atoms with van der Waals surface area (Å²) in [5, 5.41) is 9.23. The number of carbonyl (C=O) groups excluding carboxylic acids is 1. The highest BCUT2D eigenvalue weighted by molar-refractivity contribution is 9.10. The Morgan fingerprint density at radius 2 is 2.06 bits per heavy atom. The van der Waals surface area contributed by atoms with Crippen LogP contribution in [0.2, 0.25) is 0 Å². The molecule has 1 heterocycles. The largest absolute Gasteiger partial charge is 0.508 e. The Bertz CT molecular complexity index is 526. The number of rotatable bonds is 2. The number of phenols is 1. The van der Waals surface area contributed by atoms with Crippen molar-refractivity contribution in [3.8, 4) is 5.75 Å². The lowest BCUT2D eigenvalue weighted by Gasteiger charge is -2.03. The van der Waals surface area contributed by atoms with Crippen LogP contribution in [0.15, 0.2) is 47.1 Å². The molecule has 0 saturated heterocycles. The van der Waals surface area contributed by atoms with Crippen LogP contribution in [0.5, 0.6) is 5.75 Å². The van der Waals surface area contributed by atoms with Crippen LogP contribution < -0.4 is 0 Å². The first kappa shape index (κ1) is 10.8. The summed E-state index contributed by atoms with van der Waals surface area (Å²) in [6.07, 6.45) is 1.57. The quantitative estimate of drug-likeness (QED) is 0.859. The summed E-state index contributed by atoms with van der Waals surface area (Å²) in [5.74, 6) is -0.0584. The number of hydrogen-bond acceptors (Lipinski definition) is 3. The maximum Gasteiger partial charge on any atom is 0.212 e. The first-order valence-corrected chi connectivity index (χ1v) is 5.42. The van der Waals surface area contributed by atoms with Gasteiger partial charge in [-0.25, -0.2) is 0 Å². The highest BCUT2D eigenvalue weighted by Crippen LogP contribution is 2.23. The summed E-state index contributed by atoms with van der Waals surface area (Å²) >= 11 is 3.24. The van der Waals surface area contributed by atoms with E-state index in [2.05, 4.69) is 20.9 Å².